The van der Waals surface area contributed by atoms with Crippen LogP contribution in [0.5, 0.6) is 5.75 Å². The first kappa shape index (κ1) is 12.9. The minimum atomic E-state index is -0.749. The highest BCUT2D eigenvalue weighted by atomic mass is 16.6. The minimum absolute atomic E-state index is 0.139. The Morgan fingerprint density at radius 3 is 2.78 bits per heavy atom. The summed E-state index contributed by atoms with van der Waals surface area (Å²) in [5.41, 5.74) is 2.29. The van der Waals surface area contributed by atoms with Crippen LogP contribution in [0.3, 0.4) is 0 Å². The summed E-state index contributed by atoms with van der Waals surface area (Å²) >= 11 is 0. The zero-order valence-corrected chi connectivity index (χ0v) is 10.7. The van der Waals surface area contributed by atoms with E-state index in [0.29, 0.717) is 6.42 Å². The Labute approximate surface area is 107 Å². The largest absolute Gasteiger partial charge is 0.497 e. The molecule has 1 aromatic rings. The van der Waals surface area contributed by atoms with E-state index in [9.17, 15) is 4.79 Å². The van der Waals surface area contributed by atoms with E-state index < -0.39 is 5.97 Å². The lowest BCUT2D eigenvalue weighted by Crippen LogP contribution is -1.99. The van der Waals surface area contributed by atoms with Crippen molar-refractivity contribution < 1.29 is 19.4 Å². The molecule has 1 saturated heterocycles. The molecule has 2 atom stereocenters. The van der Waals surface area contributed by atoms with Gasteiger partial charge in [-0.05, 0) is 43.0 Å². The molecule has 0 spiro atoms. The molecular formula is C14H18O4. The Morgan fingerprint density at radius 2 is 2.22 bits per heavy atom. The van der Waals surface area contributed by atoms with Crippen LogP contribution in [0.4, 0.5) is 0 Å². The molecule has 1 heterocycles. The number of epoxide rings is 1. The fourth-order valence-electron chi connectivity index (χ4n) is 2.13. The van der Waals surface area contributed by atoms with Gasteiger partial charge in [0, 0.05) is 6.42 Å². The molecule has 0 amide bonds. The highest BCUT2D eigenvalue weighted by molar-refractivity contribution is 5.66. The van der Waals surface area contributed by atoms with E-state index in [1.807, 2.05) is 25.1 Å². The van der Waals surface area contributed by atoms with Gasteiger partial charge in [-0.3, -0.25) is 4.79 Å². The lowest BCUT2D eigenvalue weighted by molar-refractivity contribution is -0.137. The number of aliphatic carboxylic acids is 1. The molecule has 2 unspecified atom stereocenters. The van der Waals surface area contributed by atoms with Gasteiger partial charge < -0.3 is 14.6 Å². The first-order valence-electron chi connectivity index (χ1n) is 6.16. The molecule has 4 heteroatoms. The molecule has 1 aromatic carbocycles. The quantitative estimate of drug-likeness (QED) is 0.788. The standard InChI is InChI=1S/C14H18O4/c1-9-14(18-9)12-8-11(17-2)7-6-10(12)4-3-5-13(15)16/h6-9,14H,3-5H2,1-2H3,(H,15,16). The molecule has 18 heavy (non-hydrogen) atoms. The number of benzene rings is 1. The Kier molecular flexibility index (Phi) is 3.87. The van der Waals surface area contributed by atoms with Gasteiger partial charge in [-0.1, -0.05) is 6.07 Å². The molecular weight excluding hydrogens is 232 g/mol. The van der Waals surface area contributed by atoms with E-state index in [1.165, 1.54) is 0 Å². The van der Waals surface area contributed by atoms with Crippen LogP contribution in [0, 0.1) is 0 Å². The molecule has 98 valence electrons. The number of hydrogen-bond acceptors (Lipinski definition) is 3. The Hall–Kier alpha value is -1.55. The van der Waals surface area contributed by atoms with Crippen LogP contribution >= 0.6 is 0 Å². The van der Waals surface area contributed by atoms with Gasteiger partial charge in [0.05, 0.1) is 13.2 Å². The maximum Gasteiger partial charge on any atom is 0.303 e. The predicted octanol–water partition coefficient (Wildman–Crippen LogP) is 2.56. The third kappa shape index (κ3) is 3.01. The van der Waals surface area contributed by atoms with Crippen LogP contribution in [-0.2, 0) is 16.0 Å². The molecule has 1 aliphatic heterocycles. The number of carbonyl (C=O) groups is 1. The summed E-state index contributed by atoms with van der Waals surface area (Å²) in [6.45, 7) is 2.03. The van der Waals surface area contributed by atoms with Gasteiger partial charge in [0.2, 0.25) is 0 Å². The van der Waals surface area contributed by atoms with E-state index in [2.05, 4.69) is 0 Å². The van der Waals surface area contributed by atoms with Crippen LogP contribution in [0.1, 0.15) is 37.0 Å². The molecule has 0 saturated carbocycles. The van der Waals surface area contributed by atoms with Crippen molar-refractivity contribution in [2.24, 2.45) is 0 Å². The monoisotopic (exact) mass is 250 g/mol. The van der Waals surface area contributed by atoms with Gasteiger partial charge in [0.1, 0.15) is 11.9 Å². The second-order valence-corrected chi connectivity index (χ2v) is 4.57. The van der Waals surface area contributed by atoms with Crippen molar-refractivity contribution in [2.45, 2.75) is 38.4 Å². The first-order chi connectivity index (χ1) is 8.61. The van der Waals surface area contributed by atoms with Gasteiger partial charge >= 0.3 is 5.97 Å². The molecule has 0 aliphatic carbocycles. The fourth-order valence-corrected chi connectivity index (χ4v) is 2.13. The van der Waals surface area contributed by atoms with Crippen molar-refractivity contribution in [1.82, 2.24) is 0 Å². The summed E-state index contributed by atoms with van der Waals surface area (Å²) in [7, 11) is 1.64. The summed E-state index contributed by atoms with van der Waals surface area (Å²) in [6, 6.07) is 5.90. The second kappa shape index (κ2) is 5.40. The van der Waals surface area contributed by atoms with Gasteiger partial charge in [-0.15, -0.1) is 0 Å². The minimum Gasteiger partial charge on any atom is -0.497 e. The number of carboxylic acid groups (broad SMARTS) is 1. The summed E-state index contributed by atoms with van der Waals surface area (Å²) in [5, 5.41) is 8.66. The normalized spacial score (nSPS) is 21.7. The molecule has 4 nitrogen and oxygen atoms in total. The summed E-state index contributed by atoms with van der Waals surface area (Å²) in [4.78, 5) is 10.5. The summed E-state index contributed by atoms with van der Waals surface area (Å²) in [6.07, 6.45) is 2.00. The van der Waals surface area contributed by atoms with Crippen LogP contribution in [0.2, 0.25) is 0 Å². The Morgan fingerprint density at radius 1 is 1.50 bits per heavy atom. The number of hydrogen-bond donors (Lipinski definition) is 1. The summed E-state index contributed by atoms with van der Waals surface area (Å²) < 4.78 is 10.7. The van der Waals surface area contributed by atoms with Gasteiger partial charge in [0.25, 0.3) is 0 Å². The number of rotatable bonds is 6. The zero-order chi connectivity index (χ0) is 13.1. The van der Waals surface area contributed by atoms with E-state index in [-0.39, 0.29) is 18.6 Å². The lowest BCUT2D eigenvalue weighted by Gasteiger charge is -2.09. The molecule has 0 radical (unpaired) electrons. The van der Waals surface area contributed by atoms with Crippen LogP contribution in [0.15, 0.2) is 18.2 Å². The number of carboxylic acids is 1. The SMILES string of the molecule is COc1ccc(CCCC(=O)O)c(C2OC2C)c1. The second-order valence-electron chi connectivity index (χ2n) is 4.57. The maximum absolute atomic E-state index is 10.5. The zero-order valence-electron chi connectivity index (χ0n) is 10.7. The van der Waals surface area contributed by atoms with Crippen molar-refractivity contribution >= 4 is 5.97 Å². The highest BCUT2D eigenvalue weighted by Crippen LogP contribution is 2.41. The number of ether oxygens (including phenoxy) is 2. The predicted molar refractivity (Wildman–Crippen MR) is 66.9 cm³/mol. The van der Waals surface area contributed by atoms with E-state index in [4.69, 9.17) is 14.6 Å². The molecule has 1 N–H and O–H groups in total. The molecule has 0 aromatic heterocycles. The topological polar surface area (TPSA) is 59.1 Å². The lowest BCUT2D eigenvalue weighted by atomic mass is 9.98. The summed E-state index contributed by atoms with van der Waals surface area (Å²) in [5.74, 6) is 0.0655. The molecule has 2 rings (SSSR count). The van der Waals surface area contributed by atoms with Crippen LogP contribution < -0.4 is 4.74 Å². The van der Waals surface area contributed by atoms with Crippen molar-refractivity contribution in [2.75, 3.05) is 7.11 Å². The van der Waals surface area contributed by atoms with E-state index in [1.54, 1.807) is 7.11 Å². The van der Waals surface area contributed by atoms with Crippen molar-refractivity contribution in [3.05, 3.63) is 29.3 Å². The highest BCUT2D eigenvalue weighted by Gasteiger charge is 2.37. The molecule has 1 fully saturated rings. The van der Waals surface area contributed by atoms with Crippen LogP contribution in [0.25, 0.3) is 0 Å². The van der Waals surface area contributed by atoms with Gasteiger partial charge in [-0.2, -0.15) is 0 Å². The molecule has 0 bridgehead atoms. The van der Waals surface area contributed by atoms with Gasteiger partial charge in [0.15, 0.2) is 0 Å². The van der Waals surface area contributed by atoms with Gasteiger partial charge in [-0.25, -0.2) is 0 Å². The maximum atomic E-state index is 10.5. The fraction of sp³-hybridized carbons (Fsp3) is 0.500. The molecule has 1 aliphatic rings. The van der Waals surface area contributed by atoms with Crippen molar-refractivity contribution in [3.8, 4) is 5.75 Å². The first-order valence-corrected chi connectivity index (χ1v) is 6.16. The van der Waals surface area contributed by atoms with Crippen LogP contribution in [-0.4, -0.2) is 24.3 Å². The average Bonchev–Trinajstić information content (AvgIpc) is 3.06. The third-order valence-corrected chi connectivity index (χ3v) is 3.21. The van der Waals surface area contributed by atoms with Crippen molar-refractivity contribution in [3.63, 3.8) is 0 Å². The average molecular weight is 250 g/mol. The van der Waals surface area contributed by atoms with E-state index >= 15 is 0 Å². The van der Waals surface area contributed by atoms with Crippen molar-refractivity contribution in [1.29, 1.82) is 0 Å². The van der Waals surface area contributed by atoms with E-state index in [0.717, 1.165) is 23.3 Å². The third-order valence-electron chi connectivity index (χ3n) is 3.21. The smallest absolute Gasteiger partial charge is 0.303 e. The Bertz CT molecular complexity index is 441. The number of methoxy groups -OCH3 is 1. The Balaban J connectivity index is 2.10. The number of aryl methyl sites for hydroxylation is 1.